The first kappa shape index (κ1) is 16.1. The minimum atomic E-state index is -0.217. The molecule has 2 aromatic carbocycles. The number of halogens is 2. The highest BCUT2D eigenvalue weighted by molar-refractivity contribution is 6.35. The van der Waals surface area contributed by atoms with E-state index in [2.05, 4.69) is 17.4 Å². The SMILES string of the molecule is Clc1ccc([C@@H]2COc3cccc(C4CCNCC4)c3O2)c(Cl)c1. The van der Waals surface area contributed by atoms with E-state index in [9.17, 15) is 0 Å². The number of nitrogens with one attached hydrogen (secondary N) is 1. The van der Waals surface area contributed by atoms with Gasteiger partial charge in [0.05, 0.1) is 0 Å². The predicted molar refractivity (Wildman–Crippen MR) is 96.6 cm³/mol. The van der Waals surface area contributed by atoms with E-state index in [4.69, 9.17) is 32.7 Å². The van der Waals surface area contributed by atoms with Gasteiger partial charge in [0.2, 0.25) is 0 Å². The number of hydrogen-bond acceptors (Lipinski definition) is 3. The summed E-state index contributed by atoms with van der Waals surface area (Å²) in [5.74, 6) is 2.20. The Morgan fingerprint density at radius 2 is 1.83 bits per heavy atom. The standard InChI is InChI=1S/C19H19Cl2NO2/c20-13-4-5-15(16(21)10-13)18-11-23-17-3-1-2-14(19(17)24-18)12-6-8-22-9-7-12/h1-5,10,12,18,22H,6-9,11H2/t18-/m0/s1. The first-order chi connectivity index (χ1) is 11.7. The fourth-order valence-electron chi connectivity index (χ4n) is 3.48. The number of ether oxygens (including phenoxy) is 2. The topological polar surface area (TPSA) is 30.5 Å². The van der Waals surface area contributed by atoms with E-state index in [1.165, 1.54) is 5.56 Å². The van der Waals surface area contributed by atoms with Crippen LogP contribution in [0.15, 0.2) is 36.4 Å². The minimum absolute atomic E-state index is 0.217. The van der Waals surface area contributed by atoms with Crippen LogP contribution in [0.4, 0.5) is 0 Å². The molecule has 1 N–H and O–H groups in total. The van der Waals surface area contributed by atoms with Gasteiger partial charge in [-0.1, -0.05) is 41.4 Å². The van der Waals surface area contributed by atoms with Crippen LogP contribution in [0.1, 0.15) is 36.0 Å². The van der Waals surface area contributed by atoms with Gasteiger partial charge in [-0.25, -0.2) is 0 Å². The molecule has 0 spiro atoms. The molecule has 1 saturated heterocycles. The van der Waals surface area contributed by atoms with Gasteiger partial charge in [-0.2, -0.15) is 0 Å². The van der Waals surface area contributed by atoms with Crippen molar-refractivity contribution >= 4 is 23.2 Å². The molecule has 2 aliphatic heterocycles. The molecule has 2 heterocycles. The average molecular weight is 364 g/mol. The molecule has 1 atom stereocenters. The summed E-state index contributed by atoms with van der Waals surface area (Å²) in [6.45, 7) is 2.54. The van der Waals surface area contributed by atoms with Gasteiger partial charge in [0.25, 0.3) is 0 Å². The molecule has 0 aromatic heterocycles. The summed E-state index contributed by atoms with van der Waals surface area (Å²) in [5, 5.41) is 4.64. The smallest absolute Gasteiger partial charge is 0.165 e. The van der Waals surface area contributed by atoms with Gasteiger partial charge in [0.1, 0.15) is 6.61 Å². The highest BCUT2D eigenvalue weighted by Gasteiger charge is 2.29. The summed E-state index contributed by atoms with van der Waals surface area (Å²) < 4.78 is 12.3. The molecule has 1 fully saturated rings. The third-order valence-corrected chi connectivity index (χ3v) is 5.31. The molecule has 4 rings (SSSR count). The molecule has 0 bridgehead atoms. The van der Waals surface area contributed by atoms with E-state index < -0.39 is 0 Å². The lowest BCUT2D eigenvalue weighted by atomic mass is 9.89. The quantitative estimate of drug-likeness (QED) is 0.816. The van der Waals surface area contributed by atoms with Crippen molar-refractivity contribution in [2.45, 2.75) is 24.9 Å². The van der Waals surface area contributed by atoms with Crippen LogP contribution in [-0.2, 0) is 0 Å². The van der Waals surface area contributed by atoms with E-state index in [0.29, 0.717) is 22.6 Å². The zero-order chi connectivity index (χ0) is 16.5. The van der Waals surface area contributed by atoms with Gasteiger partial charge >= 0.3 is 0 Å². The Morgan fingerprint density at radius 1 is 1.00 bits per heavy atom. The van der Waals surface area contributed by atoms with Crippen LogP contribution >= 0.6 is 23.2 Å². The second kappa shape index (κ2) is 6.83. The van der Waals surface area contributed by atoms with Crippen LogP contribution in [0.25, 0.3) is 0 Å². The Bertz CT molecular complexity index is 744. The van der Waals surface area contributed by atoms with Crippen molar-refractivity contribution in [2.75, 3.05) is 19.7 Å². The third kappa shape index (κ3) is 3.08. The summed E-state index contributed by atoms with van der Waals surface area (Å²) in [6, 6.07) is 11.7. The van der Waals surface area contributed by atoms with Gasteiger partial charge in [-0.05, 0) is 50.0 Å². The van der Waals surface area contributed by atoms with Crippen molar-refractivity contribution in [3.05, 3.63) is 57.6 Å². The Balaban J connectivity index is 1.66. The first-order valence-electron chi connectivity index (χ1n) is 8.30. The van der Waals surface area contributed by atoms with Crippen molar-refractivity contribution in [1.82, 2.24) is 5.32 Å². The van der Waals surface area contributed by atoms with Crippen molar-refractivity contribution < 1.29 is 9.47 Å². The highest BCUT2D eigenvalue weighted by Crippen LogP contribution is 2.44. The maximum atomic E-state index is 6.35. The van der Waals surface area contributed by atoms with E-state index in [1.807, 2.05) is 18.2 Å². The van der Waals surface area contributed by atoms with Crippen LogP contribution in [0.2, 0.25) is 10.0 Å². The number of para-hydroxylation sites is 1. The van der Waals surface area contributed by atoms with Crippen molar-refractivity contribution in [3.63, 3.8) is 0 Å². The van der Waals surface area contributed by atoms with Crippen molar-refractivity contribution in [2.24, 2.45) is 0 Å². The molecule has 5 heteroatoms. The molecular weight excluding hydrogens is 345 g/mol. The summed E-state index contributed by atoms with van der Waals surface area (Å²) in [6.07, 6.45) is 2.02. The first-order valence-corrected chi connectivity index (χ1v) is 9.06. The molecule has 2 aliphatic rings. The lowest BCUT2D eigenvalue weighted by Gasteiger charge is -2.32. The number of fused-ring (bicyclic) bond motifs is 1. The third-order valence-electron chi connectivity index (χ3n) is 4.75. The molecule has 0 amide bonds. The molecule has 0 radical (unpaired) electrons. The maximum absolute atomic E-state index is 6.35. The zero-order valence-electron chi connectivity index (χ0n) is 13.2. The molecule has 0 aliphatic carbocycles. The molecule has 0 unspecified atom stereocenters. The fraction of sp³-hybridized carbons (Fsp3) is 0.368. The lowest BCUT2D eigenvalue weighted by molar-refractivity contribution is 0.0891. The number of piperidine rings is 1. The van der Waals surface area contributed by atoms with Crippen LogP contribution in [-0.4, -0.2) is 19.7 Å². The van der Waals surface area contributed by atoms with Crippen LogP contribution < -0.4 is 14.8 Å². The Kier molecular flexibility index (Phi) is 4.57. The number of rotatable bonds is 2. The summed E-state index contributed by atoms with van der Waals surface area (Å²) >= 11 is 12.4. The molecule has 3 nitrogen and oxygen atoms in total. The fourth-order valence-corrected chi connectivity index (χ4v) is 4.01. The Labute approximate surface area is 151 Å². The molecule has 24 heavy (non-hydrogen) atoms. The van der Waals surface area contributed by atoms with Crippen molar-refractivity contribution in [3.8, 4) is 11.5 Å². The maximum Gasteiger partial charge on any atom is 0.165 e. The summed E-state index contributed by atoms with van der Waals surface area (Å²) in [5.41, 5.74) is 2.15. The van der Waals surface area contributed by atoms with Crippen LogP contribution in [0.5, 0.6) is 11.5 Å². The number of benzene rings is 2. The average Bonchev–Trinajstić information content (AvgIpc) is 2.61. The van der Waals surface area contributed by atoms with Gasteiger partial charge in [0, 0.05) is 21.2 Å². The molecule has 2 aromatic rings. The molecule has 126 valence electrons. The monoisotopic (exact) mass is 363 g/mol. The second-order valence-electron chi connectivity index (χ2n) is 6.28. The normalized spacial score (nSPS) is 20.8. The van der Waals surface area contributed by atoms with E-state index in [1.54, 1.807) is 6.07 Å². The van der Waals surface area contributed by atoms with Crippen molar-refractivity contribution in [1.29, 1.82) is 0 Å². The molecular formula is C19H19Cl2NO2. The largest absolute Gasteiger partial charge is 0.485 e. The summed E-state index contributed by atoms with van der Waals surface area (Å²) in [7, 11) is 0. The second-order valence-corrected chi connectivity index (χ2v) is 7.13. The van der Waals surface area contributed by atoms with Gasteiger partial charge < -0.3 is 14.8 Å². The Morgan fingerprint density at radius 3 is 2.62 bits per heavy atom. The molecule has 0 saturated carbocycles. The Hall–Kier alpha value is -1.42. The number of hydrogen-bond donors (Lipinski definition) is 1. The van der Waals surface area contributed by atoms with E-state index in [0.717, 1.165) is 43.0 Å². The highest BCUT2D eigenvalue weighted by atomic mass is 35.5. The van der Waals surface area contributed by atoms with Gasteiger partial charge in [-0.3, -0.25) is 0 Å². The zero-order valence-corrected chi connectivity index (χ0v) is 14.7. The van der Waals surface area contributed by atoms with E-state index >= 15 is 0 Å². The van der Waals surface area contributed by atoms with Gasteiger partial charge in [0.15, 0.2) is 17.6 Å². The minimum Gasteiger partial charge on any atom is -0.485 e. The van der Waals surface area contributed by atoms with Crippen LogP contribution in [0.3, 0.4) is 0 Å². The van der Waals surface area contributed by atoms with Crippen LogP contribution in [0, 0.1) is 0 Å². The summed E-state index contributed by atoms with van der Waals surface area (Å²) in [4.78, 5) is 0. The lowest BCUT2D eigenvalue weighted by Crippen LogP contribution is -2.28. The predicted octanol–water partition coefficient (Wildman–Crippen LogP) is 4.97. The van der Waals surface area contributed by atoms with Gasteiger partial charge in [-0.15, -0.1) is 0 Å². The van der Waals surface area contributed by atoms with E-state index in [-0.39, 0.29) is 6.10 Å².